The maximum Gasteiger partial charge on any atom is 0.335 e. The van der Waals surface area contributed by atoms with E-state index in [4.69, 9.17) is 11.6 Å². The van der Waals surface area contributed by atoms with Crippen LogP contribution in [0.3, 0.4) is 0 Å². The smallest absolute Gasteiger partial charge is 0.335 e. The Kier molecular flexibility index (Phi) is 5.54. The standard InChI is InChI=1S/C30H29ClN2O4/c1-7-33-23-10-8-16(28(36)37)12-20(23)30(4,5)25(33)15-19-26(34)18(27(19)35)14-24-29(2,3)21-13-17(31)9-11-22(21)32(24)6/h8-15H,7H2,1-6H3,(H-,34,35,36,37). The lowest BCUT2D eigenvalue weighted by Gasteiger charge is -2.32. The Labute approximate surface area is 221 Å². The molecule has 0 amide bonds. The predicted molar refractivity (Wildman–Crippen MR) is 143 cm³/mol. The maximum absolute atomic E-state index is 13.3. The number of carboxylic acids is 1. The minimum absolute atomic E-state index is 0.152. The van der Waals surface area contributed by atoms with Gasteiger partial charge in [-0.25, -0.2) is 4.79 Å². The average Bonchev–Trinajstić information content (AvgIpc) is 3.17. The Morgan fingerprint density at radius 3 is 2.41 bits per heavy atom. The van der Waals surface area contributed by atoms with Crippen LogP contribution in [0.5, 0.6) is 0 Å². The van der Waals surface area contributed by atoms with Crippen molar-refractivity contribution in [3.05, 3.63) is 92.9 Å². The molecule has 0 aromatic heterocycles. The van der Waals surface area contributed by atoms with Crippen LogP contribution in [-0.2, 0) is 15.6 Å². The van der Waals surface area contributed by atoms with Gasteiger partial charge in [0.25, 0.3) is 0 Å². The van der Waals surface area contributed by atoms with Crippen LogP contribution in [0.4, 0.5) is 11.4 Å². The molecule has 0 atom stereocenters. The molecule has 2 aromatic carbocycles. The topological polar surface area (TPSA) is 83.7 Å². The number of ketones is 1. The van der Waals surface area contributed by atoms with Gasteiger partial charge in [0.1, 0.15) is 7.05 Å². The highest BCUT2D eigenvalue weighted by Crippen LogP contribution is 2.49. The number of halogens is 1. The van der Waals surface area contributed by atoms with Crippen LogP contribution in [0.2, 0.25) is 5.02 Å². The van der Waals surface area contributed by atoms with Crippen molar-refractivity contribution in [2.24, 2.45) is 0 Å². The first-order valence-corrected chi connectivity index (χ1v) is 12.6. The number of allylic oxidation sites excluding steroid dienone is 5. The van der Waals surface area contributed by atoms with E-state index in [1.54, 1.807) is 30.4 Å². The van der Waals surface area contributed by atoms with Gasteiger partial charge in [-0.2, -0.15) is 4.58 Å². The van der Waals surface area contributed by atoms with Gasteiger partial charge in [0.2, 0.25) is 5.69 Å². The molecule has 0 bridgehead atoms. The number of likely N-dealkylation sites (N-methyl/N-ethyl adjacent to an activating group) is 1. The van der Waals surface area contributed by atoms with E-state index in [9.17, 15) is 19.8 Å². The first-order chi connectivity index (χ1) is 17.3. The van der Waals surface area contributed by atoms with Crippen LogP contribution in [0.15, 0.2) is 71.2 Å². The Balaban J connectivity index is 1.56. The van der Waals surface area contributed by atoms with Crippen LogP contribution in [0, 0.1) is 0 Å². The van der Waals surface area contributed by atoms with E-state index >= 15 is 0 Å². The number of carbonyl (C=O) groups excluding carboxylic acids is 1. The monoisotopic (exact) mass is 516 g/mol. The van der Waals surface area contributed by atoms with Gasteiger partial charge < -0.3 is 15.1 Å². The summed E-state index contributed by atoms with van der Waals surface area (Å²) in [5.74, 6) is -1.55. The zero-order valence-electron chi connectivity index (χ0n) is 21.8. The van der Waals surface area contributed by atoms with Gasteiger partial charge in [-0.1, -0.05) is 31.2 Å². The van der Waals surface area contributed by atoms with E-state index in [2.05, 4.69) is 13.8 Å². The van der Waals surface area contributed by atoms with Gasteiger partial charge in [0.05, 0.1) is 11.0 Å². The maximum atomic E-state index is 13.3. The largest absolute Gasteiger partial charge is 0.871 e. The van der Waals surface area contributed by atoms with Gasteiger partial charge in [-0.15, -0.1) is 0 Å². The highest BCUT2D eigenvalue weighted by Gasteiger charge is 2.45. The zero-order chi connectivity index (χ0) is 27.0. The molecule has 6 nitrogen and oxygen atoms in total. The molecule has 0 spiro atoms. The van der Waals surface area contributed by atoms with Crippen molar-refractivity contribution in [1.82, 2.24) is 0 Å². The molecule has 0 saturated carbocycles. The highest BCUT2D eigenvalue weighted by molar-refractivity contribution is 6.31. The summed E-state index contributed by atoms with van der Waals surface area (Å²) in [7, 11) is 1.93. The fourth-order valence-electron chi connectivity index (χ4n) is 5.84. The second-order valence-electron chi connectivity index (χ2n) is 10.8. The molecule has 0 unspecified atom stereocenters. The van der Waals surface area contributed by atoms with E-state index in [1.165, 1.54) is 0 Å². The van der Waals surface area contributed by atoms with Crippen LogP contribution in [0.1, 0.15) is 56.1 Å². The molecular formula is C30H29ClN2O4. The second-order valence-corrected chi connectivity index (χ2v) is 11.2. The highest BCUT2D eigenvalue weighted by atomic mass is 35.5. The summed E-state index contributed by atoms with van der Waals surface area (Å²) in [5, 5.41) is 23.4. The summed E-state index contributed by atoms with van der Waals surface area (Å²) in [6, 6.07) is 10.8. The predicted octanol–water partition coefficient (Wildman–Crippen LogP) is 4.87. The third-order valence-electron chi connectivity index (χ3n) is 7.99. The summed E-state index contributed by atoms with van der Waals surface area (Å²) in [6.07, 6.45) is 3.40. The van der Waals surface area contributed by atoms with E-state index < -0.39 is 16.8 Å². The third-order valence-corrected chi connectivity index (χ3v) is 8.23. The van der Waals surface area contributed by atoms with Crippen molar-refractivity contribution in [3.8, 4) is 0 Å². The molecule has 1 aliphatic carbocycles. The normalized spacial score (nSPS) is 21.6. The van der Waals surface area contributed by atoms with Crippen LogP contribution in [0.25, 0.3) is 0 Å². The van der Waals surface area contributed by atoms with Crippen molar-refractivity contribution in [2.75, 3.05) is 18.5 Å². The van der Waals surface area contributed by atoms with Crippen LogP contribution in [-0.4, -0.2) is 40.7 Å². The number of nitrogens with zero attached hydrogens (tertiary/aromatic N) is 2. The summed E-state index contributed by atoms with van der Waals surface area (Å²) in [4.78, 5) is 26.9. The number of aromatic carboxylic acids is 1. The van der Waals surface area contributed by atoms with Gasteiger partial charge in [0, 0.05) is 57.2 Å². The molecule has 37 heavy (non-hydrogen) atoms. The number of hydrogen-bond donors (Lipinski definition) is 1. The van der Waals surface area contributed by atoms with E-state index in [0.29, 0.717) is 11.6 Å². The van der Waals surface area contributed by atoms with Crippen molar-refractivity contribution >= 4 is 40.4 Å². The van der Waals surface area contributed by atoms with E-state index in [-0.39, 0.29) is 28.3 Å². The number of carboxylic acid groups (broad SMARTS) is 1. The molecule has 190 valence electrons. The minimum atomic E-state index is -0.991. The number of rotatable bonds is 4. The number of Topliss-reactive ketones (excluding diaryl/α,β-unsaturated/α-hetero) is 1. The number of benzene rings is 2. The van der Waals surface area contributed by atoms with Gasteiger partial charge in [0.15, 0.2) is 11.5 Å². The van der Waals surface area contributed by atoms with Gasteiger partial charge in [-0.3, -0.25) is 4.79 Å². The number of anilines is 1. The van der Waals surface area contributed by atoms with Gasteiger partial charge >= 0.3 is 5.97 Å². The van der Waals surface area contributed by atoms with Crippen molar-refractivity contribution in [1.29, 1.82) is 0 Å². The third kappa shape index (κ3) is 3.50. The fourth-order valence-corrected chi connectivity index (χ4v) is 6.02. The first-order valence-electron chi connectivity index (χ1n) is 12.3. The Morgan fingerprint density at radius 2 is 1.78 bits per heavy atom. The van der Waals surface area contributed by atoms with Crippen LogP contribution < -0.4 is 10.0 Å². The zero-order valence-corrected chi connectivity index (χ0v) is 22.5. The second kappa shape index (κ2) is 8.18. The van der Waals surface area contributed by atoms with Gasteiger partial charge in [-0.05, 0) is 62.7 Å². The van der Waals surface area contributed by atoms with Crippen molar-refractivity contribution < 1.29 is 24.4 Å². The Morgan fingerprint density at radius 1 is 1.08 bits per heavy atom. The van der Waals surface area contributed by atoms with E-state index in [0.717, 1.165) is 33.9 Å². The molecule has 0 saturated heterocycles. The molecule has 7 heteroatoms. The first kappa shape index (κ1) is 25.0. The fraction of sp³-hybridized carbons (Fsp3) is 0.300. The summed E-state index contributed by atoms with van der Waals surface area (Å²) >= 11 is 6.25. The molecule has 2 aliphatic heterocycles. The summed E-state index contributed by atoms with van der Waals surface area (Å²) in [6.45, 7) is 10.7. The Bertz CT molecular complexity index is 1540. The van der Waals surface area contributed by atoms with E-state index in [1.807, 2.05) is 55.5 Å². The van der Waals surface area contributed by atoms with Crippen molar-refractivity contribution in [3.63, 3.8) is 0 Å². The molecule has 5 rings (SSSR count). The Hall–Kier alpha value is -3.64. The molecule has 1 N–H and O–H groups in total. The molecule has 3 aliphatic rings. The van der Waals surface area contributed by atoms with Crippen LogP contribution >= 0.6 is 11.6 Å². The quantitative estimate of drug-likeness (QED) is 0.463. The lowest BCUT2D eigenvalue weighted by molar-refractivity contribution is -0.401. The SMILES string of the molecule is CCN1C(=CC2=C([O-])C(=CC3=[N+](C)c4ccc(Cl)cc4C3(C)C)C2=O)C(C)(C)c2cc(C(=O)O)ccc21. The molecule has 0 radical (unpaired) electrons. The summed E-state index contributed by atoms with van der Waals surface area (Å²) < 4.78 is 2.01. The lowest BCUT2D eigenvalue weighted by atomic mass is 9.77. The number of fused-ring (bicyclic) bond motifs is 2. The molecule has 2 aromatic rings. The number of hydrogen-bond acceptors (Lipinski definition) is 4. The lowest BCUT2D eigenvalue weighted by Crippen LogP contribution is -2.34. The number of carbonyl (C=O) groups is 2. The molecular weight excluding hydrogens is 488 g/mol. The molecule has 2 heterocycles. The molecule has 0 fully saturated rings. The van der Waals surface area contributed by atoms with Crippen molar-refractivity contribution in [2.45, 2.75) is 45.4 Å². The minimum Gasteiger partial charge on any atom is -0.871 e. The average molecular weight is 517 g/mol. The summed E-state index contributed by atoms with van der Waals surface area (Å²) in [5.41, 5.74) is 4.98.